The maximum atomic E-state index is 13.2. The van der Waals surface area contributed by atoms with Gasteiger partial charge < -0.3 is 18.9 Å². The van der Waals surface area contributed by atoms with Crippen molar-refractivity contribution < 1.29 is 23.2 Å². The van der Waals surface area contributed by atoms with Crippen LogP contribution >= 0.6 is 11.6 Å². The Morgan fingerprint density at radius 3 is 3.03 bits per heavy atom. The average Bonchev–Trinajstić information content (AvgIpc) is 3.25. The van der Waals surface area contributed by atoms with Crippen molar-refractivity contribution >= 4 is 17.5 Å². The van der Waals surface area contributed by atoms with Gasteiger partial charge in [-0.15, -0.1) is 0 Å². The molecular formula is C19H16ClFN4O4. The molecule has 0 N–H and O–H groups in total. The van der Waals surface area contributed by atoms with Gasteiger partial charge in [0.05, 0.1) is 18.2 Å². The van der Waals surface area contributed by atoms with Crippen LogP contribution in [0.5, 0.6) is 5.75 Å². The average molecular weight is 419 g/mol. The molecule has 1 aromatic carbocycles. The van der Waals surface area contributed by atoms with Crippen LogP contribution in [0.2, 0.25) is 5.02 Å². The summed E-state index contributed by atoms with van der Waals surface area (Å²) in [5, 5.41) is 3.85. The van der Waals surface area contributed by atoms with Crippen molar-refractivity contribution in [3.63, 3.8) is 0 Å². The Hall–Kier alpha value is -3.04. The molecule has 10 heteroatoms. The lowest BCUT2D eigenvalue weighted by Gasteiger charge is -2.31. The quantitative estimate of drug-likeness (QED) is 0.629. The molecule has 29 heavy (non-hydrogen) atoms. The molecule has 3 heterocycles. The van der Waals surface area contributed by atoms with E-state index in [4.69, 9.17) is 25.6 Å². The SMILES string of the molecule is O=C(COc1ccc(F)c(Cl)c1)N1CCO[C@@H](c2nc(-c3ccccn3)no2)C1. The highest BCUT2D eigenvalue weighted by Crippen LogP contribution is 2.24. The second-order valence-electron chi connectivity index (χ2n) is 6.23. The third-order valence-corrected chi connectivity index (χ3v) is 4.57. The molecule has 1 aliphatic heterocycles. The van der Waals surface area contributed by atoms with Crippen LogP contribution < -0.4 is 4.74 Å². The molecule has 3 aromatic rings. The van der Waals surface area contributed by atoms with Crippen LogP contribution in [0.3, 0.4) is 0 Å². The summed E-state index contributed by atoms with van der Waals surface area (Å²) < 4.78 is 29.6. The first-order chi connectivity index (χ1) is 14.1. The van der Waals surface area contributed by atoms with E-state index in [0.29, 0.717) is 30.4 Å². The first-order valence-electron chi connectivity index (χ1n) is 8.82. The fourth-order valence-corrected chi connectivity index (χ4v) is 2.96. The molecule has 1 saturated heterocycles. The summed E-state index contributed by atoms with van der Waals surface area (Å²) in [6, 6.07) is 9.30. The van der Waals surface area contributed by atoms with Gasteiger partial charge in [-0.05, 0) is 24.3 Å². The molecular weight excluding hydrogens is 403 g/mol. The summed E-state index contributed by atoms with van der Waals surface area (Å²) in [7, 11) is 0. The minimum atomic E-state index is -0.550. The molecule has 0 aliphatic carbocycles. The number of ether oxygens (including phenoxy) is 2. The van der Waals surface area contributed by atoms with Crippen LogP contribution in [0.25, 0.3) is 11.5 Å². The first kappa shape index (κ1) is 19.3. The van der Waals surface area contributed by atoms with Gasteiger partial charge in [0.2, 0.25) is 5.82 Å². The van der Waals surface area contributed by atoms with Crippen molar-refractivity contribution in [3.05, 3.63) is 59.3 Å². The number of carbonyl (C=O) groups is 1. The van der Waals surface area contributed by atoms with Crippen LogP contribution in [0, 0.1) is 5.82 Å². The number of hydrogen-bond donors (Lipinski definition) is 0. The maximum absolute atomic E-state index is 13.2. The predicted octanol–water partition coefficient (Wildman–Crippen LogP) is 2.90. The van der Waals surface area contributed by atoms with E-state index in [0.717, 1.165) is 0 Å². The van der Waals surface area contributed by atoms with E-state index in [2.05, 4.69) is 15.1 Å². The Morgan fingerprint density at radius 2 is 2.24 bits per heavy atom. The van der Waals surface area contributed by atoms with Crippen LogP contribution in [0.4, 0.5) is 4.39 Å². The van der Waals surface area contributed by atoms with Crippen LogP contribution in [0.1, 0.15) is 12.0 Å². The fourth-order valence-electron chi connectivity index (χ4n) is 2.79. The topological polar surface area (TPSA) is 90.6 Å². The lowest BCUT2D eigenvalue weighted by molar-refractivity contribution is -0.142. The molecule has 1 fully saturated rings. The largest absolute Gasteiger partial charge is 0.484 e. The molecule has 0 unspecified atom stereocenters. The molecule has 8 nitrogen and oxygen atoms in total. The van der Waals surface area contributed by atoms with Gasteiger partial charge in [0, 0.05) is 18.8 Å². The second-order valence-corrected chi connectivity index (χ2v) is 6.64. The summed E-state index contributed by atoms with van der Waals surface area (Å²) >= 11 is 5.72. The van der Waals surface area contributed by atoms with E-state index < -0.39 is 11.9 Å². The highest BCUT2D eigenvalue weighted by molar-refractivity contribution is 6.30. The number of pyridine rings is 1. The van der Waals surface area contributed by atoms with E-state index in [9.17, 15) is 9.18 Å². The molecule has 1 aliphatic rings. The van der Waals surface area contributed by atoms with E-state index in [1.165, 1.54) is 18.2 Å². The van der Waals surface area contributed by atoms with Gasteiger partial charge in [0.15, 0.2) is 12.7 Å². The number of rotatable bonds is 5. The van der Waals surface area contributed by atoms with Crippen molar-refractivity contribution in [2.24, 2.45) is 0 Å². The molecule has 0 bridgehead atoms. The van der Waals surface area contributed by atoms with Crippen molar-refractivity contribution in [3.8, 4) is 17.3 Å². The van der Waals surface area contributed by atoms with Crippen molar-refractivity contribution in [1.82, 2.24) is 20.0 Å². The molecule has 1 atom stereocenters. The van der Waals surface area contributed by atoms with Gasteiger partial charge in [-0.2, -0.15) is 4.98 Å². The van der Waals surface area contributed by atoms with Crippen LogP contribution in [0.15, 0.2) is 47.1 Å². The number of hydrogen-bond acceptors (Lipinski definition) is 7. The number of benzene rings is 1. The normalized spacial score (nSPS) is 16.6. The Bertz CT molecular complexity index is 1000. The molecule has 1 amide bonds. The number of aromatic nitrogens is 3. The van der Waals surface area contributed by atoms with Crippen molar-refractivity contribution in [2.75, 3.05) is 26.3 Å². The zero-order chi connectivity index (χ0) is 20.2. The molecule has 0 saturated carbocycles. The van der Waals surface area contributed by atoms with Crippen molar-refractivity contribution in [2.45, 2.75) is 6.10 Å². The standard InChI is InChI=1S/C19H16ClFN4O4/c20-13-9-12(4-5-14(13)21)28-11-17(26)25-7-8-27-16(10-25)19-23-18(24-29-19)15-3-1-2-6-22-15/h1-6,9,16H,7-8,10-11H2/t16-/m1/s1. The molecule has 0 spiro atoms. The van der Waals surface area contributed by atoms with Crippen molar-refractivity contribution in [1.29, 1.82) is 0 Å². The number of morpholine rings is 1. The van der Waals surface area contributed by atoms with Gasteiger partial charge in [0.25, 0.3) is 11.8 Å². The predicted molar refractivity (Wildman–Crippen MR) is 99.7 cm³/mol. The Balaban J connectivity index is 1.37. The van der Waals surface area contributed by atoms with Crippen LogP contribution in [-0.4, -0.2) is 52.2 Å². The van der Waals surface area contributed by atoms with Crippen LogP contribution in [-0.2, 0) is 9.53 Å². The third-order valence-electron chi connectivity index (χ3n) is 4.28. The fraction of sp³-hybridized carbons (Fsp3) is 0.263. The monoisotopic (exact) mass is 418 g/mol. The van der Waals surface area contributed by atoms with E-state index in [1.54, 1.807) is 23.2 Å². The van der Waals surface area contributed by atoms with Gasteiger partial charge in [0.1, 0.15) is 17.3 Å². The molecule has 150 valence electrons. The number of amides is 1. The number of carbonyl (C=O) groups excluding carboxylic acids is 1. The second kappa shape index (κ2) is 8.54. The highest BCUT2D eigenvalue weighted by atomic mass is 35.5. The summed E-state index contributed by atoms with van der Waals surface area (Å²) in [4.78, 5) is 22.6. The molecule has 4 rings (SSSR count). The Morgan fingerprint density at radius 1 is 1.34 bits per heavy atom. The maximum Gasteiger partial charge on any atom is 0.260 e. The minimum Gasteiger partial charge on any atom is -0.484 e. The number of nitrogens with zero attached hydrogens (tertiary/aromatic N) is 4. The lowest BCUT2D eigenvalue weighted by Crippen LogP contribution is -2.44. The summed E-state index contributed by atoms with van der Waals surface area (Å²) in [6.45, 7) is 0.762. The summed E-state index contributed by atoms with van der Waals surface area (Å²) in [5.41, 5.74) is 0.581. The van der Waals surface area contributed by atoms with Gasteiger partial charge >= 0.3 is 0 Å². The van der Waals surface area contributed by atoms with Gasteiger partial charge in [-0.1, -0.05) is 22.8 Å². The highest BCUT2D eigenvalue weighted by Gasteiger charge is 2.30. The molecule has 0 radical (unpaired) electrons. The van der Waals surface area contributed by atoms with E-state index in [-0.39, 0.29) is 30.0 Å². The summed E-state index contributed by atoms with van der Waals surface area (Å²) in [5.74, 6) is 0.138. The van der Waals surface area contributed by atoms with Gasteiger partial charge in [-0.25, -0.2) is 4.39 Å². The first-order valence-corrected chi connectivity index (χ1v) is 9.20. The zero-order valence-electron chi connectivity index (χ0n) is 15.1. The third kappa shape index (κ3) is 4.52. The summed E-state index contributed by atoms with van der Waals surface area (Å²) in [6.07, 6.45) is 1.09. The Kier molecular flexibility index (Phi) is 5.68. The zero-order valence-corrected chi connectivity index (χ0v) is 15.9. The van der Waals surface area contributed by atoms with Gasteiger partial charge in [-0.3, -0.25) is 9.78 Å². The molecule has 2 aromatic heterocycles. The number of halogens is 2. The lowest BCUT2D eigenvalue weighted by atomic mass is 10.2. The smallest absolute Gasteiger partial charge is 0.260 e. The minimum absolute atomic E-state index is 0.0681. The van der Waals surface area contributed by atoms with E-state index in [1.807, 2.05) is 6.07 Å². The van der Waals surface area contributed by atoms with E-state index >= 15 is 0 Å². The Labute approximate surface area is 170 Å².